The van der Waals surface area contributed by atoms with E-state index < -0.39 is 0 Å². The van der Waals surface area contributed by atoms with Gasteiger partial charge in [-0.15, -0.1) is 0 Å². The maximum atomic E-state index is 10.9. The molecule has 0 aromatic heterocycles. The van der Waals surface area contributed by atoms with Gasteiger partial charge in [0.25, 0.3) is 0 Å². The van der Waals surface area contributed by atoms with Gasteiger partial charge in [-0.05, 0) is 36.0 Å². The fourth-order valence-corrected chi connectivity index (χ4v) is 3.47. The smallest absolute Gasteiger partial charge is 0.123 e. The van der Waals surface area contributed by atoms with Crippen LogP contribution in [-0.2, 0) is 4.79 Å². The summed E-state index contributed by atoms with van der Waals surface area (Å²) in [5, 5.41) is 0. The molecule has 1 nitrogen and oxygen atoms in total. The Morgan fingerprint density at radius 3 is 2.25 bits per heavy atom. The van der Waals surface area contributed by atoms with Crippen LogP contribution in [0.4, 0.5) is 0 Å². The number of carbonyl (C=O) groups is 1. The van der Waals surface area contributed by atoms with Gasteiger partial charge in [0.05, 0.1) is 0 Å². The van der Waals surface area contributed by atoms with E-state index in [1.807, 2.05) is 0 Å². The summed E-state index contributed by atoms with van der Waals surface area (Å²) in [5.41, 5.74) is 0.706. The summed E-state index contributed by atoms with van der Waals surface area (Å²) in [6, 6.07) is 0. The first-order chi connectivity index (χ1) is 5.52. The molecule has 0 aromatic carbocycles. The third-order valence-electron chi connectivity index (χ3n) is 5.03. The SMILES string of the molecule is CC1(C)[C@@H]2CC[C@@]1(C)C(C=O)C2. The summed E-state index contributed by atoms with van der Waals surface area (Å²) in [6.45, 7) is 6.99. The molecule has 2 aliphatic rings. The Hall–Kier alpha value is -0.330. The van der Waals surface area contributed by atoms with Gasteiger partial charge in [0.15, 0.2) is 0 Å². The van der Waals surface area contributed by atoms with Crippen molar-refractivity contribution in [3.63, 3.8) is 0 Å². The lowest BCUT2D eigenvalue weighted by Gasteiger charge is -2.37. The van der Waals surface area contributed by atoms with Crippen LogP contribution >= 0.6 is 0 Å². The van der Waals surface area contributed by atoms with Crippen molar-refractivity contribution in [2.45, 2.75) is 40.0 Å². The Bertz CT molecular complexity index is 219. The van der Waals surface area contributed by atoms with Crippen LogP contribution in [-0.4, -0.2) is 6.29 Å². The second-order valence-electron chi connectivity index (χ2n) is 5.35. The molecule has 0 aromatic rings. The van der Waals surface area contributed by atoms with Gasteiger partial charge in [-0.2, -0.15) is 0 Å². The van der Waals surface area contributed by atoms with Crippen molar-refractivity contribution in [1.29, 1.82) is 0 Å². The third kappa shape index (κ3) is 0.681. The molecule has 0 aliphatic heterocycles. The van der Waals surface area contributed by atoms with Crippen molar-refractivity contribution in [2.24, 2.45) is 22.7 Å². The van der Waals surface area contributed by atoms with Crippen molar-refractivity contribution in [2.75, 3.05) is 0 Å². The zero-order valence-electron chi connectivity index (χ0n) is 8.26. The molecule has 0 heterocycles. The van der Waals surface area contributed by atoms with E-state index in [0.29, 0.717) is 16.7 Å². The van der Waals surface area contributed by atoms with Crippen molar-refractivity contribution in [3.05, 3.63) is 0 Å². The largest absolute Gasteiger partial charge is 0.303 e. The topological polar surface area (TPSA) is 17.1 Å². The second-order valence-corrected chi connectivity index (χ2v) is 5.35. The Kier molecular flexibility index (Phi) is 1.47. The minimum atomic E-state index is 0.305. The summed E-state index contributed by atoms with van der Waals surface area (Å²) in [4.78, 5) is 10.9. The second kappa shape index (κ2) is 2.12. The average Bonchev–Trinajstić information content (AvgIpc) is 2.34. The van der Waals surface area contributed by atoms with Crippen LogP contribution in [0.1, 0.15) is 40.0 Å². The molecular weight excluding hydrogens is 148 g/mol. The normalized spacial score (nSPS) is 49.6. The first-order valence-electron chi connectivity index (χ1n) is 4.97. The van der Waals surface area contributed by atoms with E-state index in [2.05, 4.69) is 20.8 Å². The number of rotatable bonds is 1. The quantitative estimate of drug-likeness (QED) is 0.547. The Morgan fingerprint density at radius 2 is 2.00 bits per heavy atom. The molecule has 2 bridgehead atoms. The fourth-order valence-electron chi connectivity index (χ4n) is 3.47. The van der Waals surface area contributed by atoms with Gasteiger partial charge in [0, 0.05) is 5.92 Å². The van der Waals surface area contributed by atoms with Crippen LogP contribution in [0.2, 0.25) is 0 Å². The summed E-state index contributed by atoms with van der Waals surface area (Å²) < 4.78 is 0. The van der Waals surface area contributed by atoms with Crippen LogP contribution in [0.3, 0.4) is 0 Å². The molecule has 2 fully saturated rings. The molecule has 3 atom stereocenters. The minimum Gasteiger partial charge on any atom is -0.303 e. The van der Waals surface area contributed by atoms with Crippen molar-refractivity contribution in [3.8, 4) is 0 Å². The molecule has 68 valence electrons. The third-order valence-corrected chi connectivity index (χ3v) is 5.03. The van der Waals surface area contributed by atoms with Crippen molar-refractivity contribution in [1.82, 2.24) is 0 Å². The van der Waals surface area contributed by atoms with E-state index in [-0.39, 0.29) is 0 Å². The van der Waals surface area contributed by atoms with Crippen molar-refractivity contribution < 1.29 is 4.79 Å². The van der Waals surface area contributed by atoms with E-state index in [0.717, 1.165) is 12.3 Å². The van der Waals surface area contributed by atoms with Gasteiger partial charge in [-0.25, -0.2) is 0 Å². The summed E-state index contributed by atoms with van der Waals surface area (Å²) in [6.07, 6.45) is 4.94. The summed E-state index contributed by atoms with van der Waals surface area (Å²) in [7, 11) is 0. The van der Waals surface area contributed by atoms with E-state index in [9.17, 15) is 4.79 Å². The monoisotopic (exact) mass is 166 g/mol. The highest BCUT2D eigenvalue weighted by atomic mass is 16.1. The molecular formula is C11H18O. The molecule has 0 radical (unpaired) electrons. The highest BCUT2D eigenvalue weighted by molar-refractivity contribution is 5.57. The molecule has 0 N–H and O–H groups in total. The number of carbonyl (C=O) groups excluding carboxylic acids is 1. The molecule has 0 amide bonds. The Labute approximate surface area is 74.5 Å². The fraction of sp³-hybridized carbons (Fsp3) is 0.909. The van der Waals surface area contributed by atoms with Crippen LogP contribution in [0.25, 0.3) is 0 Å². The highest BCUT2D eigenvalue weighted by Crippen LogP contribution is 2.67. The number of aldehydes is 1. The van der Waals surface area contributed by atoms with Crippen LogP contribution in [0.5, 0.6) is 0 Å². The lowest BCUT2D eigenvalue weighted by molar-refractivity contribution is -0.115. The number of hydrogen-bond acceptors (Lipinski definition) is 1. The Balaban J connectivity index is 2.39. The van der Waals surface area contributed by atoms with Gasteiger partial charge < -0.3 is 4.79 Å². The van der Waals surface area contributed by atoms with Crippen molar-refractivity contribution >= 4 is 6.29 Å². The van der Waals surface area contributed by atoms with E-state index in [1.54, 1.807) is 0 Å². The van der Waals surface area contributed by atoms with Crippen LogP contribution in [0, 0.1) is 22.7 Å². The zero-order valence-corrected chi connectivity index (χ0v) is 8.26. The molecule has 1 heteroatoms. The average molecular weight is 166 g/mol. The maximum absolute atomic E-state index is 10.9. The standard InChI is InChI=1S/C11H18O/c1-10(2)8-4-5-11(10,3)9(6-8)7-12/h7-9H,4-6H2,1-3H3/t8-,9?,11+/m1/s1. The summed E-state index contributed by atoms with van der Waals surface area (Å²) in [5.74, 6) is 1.14. The maximum Gasteiger partial charge on any atom is 0.123 e. The first kappa shape index (κ1) is 8.28. The van der Waals surface area contributed by atoms with Gasteiger partial charge in [-0.1, -0.05) is 20.8 Å². The molecule has 0 spiro atoms. The summed E-state index contributed by atoms with van der Waals surface area (Å²) >= 11 is 0. The number of hydrogen-bond donors (Lipinski definition) is 0. The van der Waals surface area contributed by atoms with Gasteiger partial charge in [-0.3, -0.25) is 0 Å². The van der Waals surface area contributed by atoms with Gasteiger partial charge >= 0.3 is 0 Å². The molecule has 2 aliphatic carbocycles. The minimum absolute atomic E-state index is 0.305. The van der Waals surface area contributed by atoms with Gasteiger partial charge in [0.2, 0.25) is 0 Å². The first-order valence-corrected chi connectivity index (χ1v) is 4.97. The molecule has 0 saturated heterocycles. The van der Waals surface area contributed by atoms with E-state index in [1.165, 1.54) is 19.1 Å². The highest BCUT2D eigenvalue weighted by Gasteiger charge is 2.60. The van der Waals surface area contributed by atoms with E-state index >= 15 is 0 Å². The lowest BCUT2D eigenvalue weighted by atomic mass is 9.67. The number of fused-ring (bicyclic) bond motifs is 2. The van der Waals surface area contributed by atoms with Gasteiger partial charge in [0.1, 0.15) is 6.29 Å². The Morgan fingerprint density at radius 1 is 1.33 bits per heavy atom. The molecule has 1 unspecified atom stereocenters. The predicted molar refractivity (Wildman–Crippen MR) is 48.8 cm³/mol. The lowest BCUT2D eigenvalue weighted by Crippen LogP contribution is -2.32. The van der Waals surface area contributed by atoms with Crippen LogP contribution in [0.15, 0.2) is 0 Å². The van der Waals surface area contributed by atoms with E-state index in [4.69, 9.17) is 0 Å². The molecule has 2 rings (SSSR count). The predicted octanol–water partition coefficient (Wildman–Crippen LogP) is 2.65. The van der Waals surface area contributed by atoms with Crippen LogP contribution < -0.4 is 0 Å². The zero-order chi connectivity index (χ0) is 8.98. The molecule has 2 saturated carbocycles. The molecule has 12 heavy (non-hydrogen) atoms.